The number of hydrogen-bond donors (Lipinski definition) is 0. The van der Waals surface area contributed by atoms with E-state index in [0.717, 1.165) is 11.0 Å². The van der Waals surface area contributed by atoms with Gasteiger partial charge in [0.05, 0.1) is 22.7 Å². The van der Waals surface area contributed by atoms with Gasteiger partial charge < -0.3 is 9.64 Å². The Morgan fingerprint density at radius 2 is 2.04 bits per heavy atom. The van der Waals surface area contributed by atoms with E-state index >= 15 is 0 Å². The lowest BCUT2D eigenvalue weighted by atomic mass is 10.2. The number of carbonyl (C=O) groups is 1. The summed E-state index contributed by atoms with van der Waals surface area (Å²) in [6.45, 7) is -2.26. The van der Waals surface area contributed by atoms with Crippen LogP contribution in [0.25, 0.3) is 16.9 Å². The molecule has 8 heteroatoms. The van der Waals surface area contributed by atoms with Crippen molar-refractivity contribution in [2.24, 2.45) is 0 Å². The van der Waals surface area contributed by atoms with Crippen molar-refractivity contribution in [2.45, 2.75) is 19.1 Å². The Hall–Kier alpha value is -2.87. The summed E-state index contributed by atoms with van der Waals surface area (Å²) in [5.74, 6) is 0.412. The topological polar surface area (TPSA) is 60.2 Å². The first-order chi connectivity index (χ1) is 12.6. The van der Waals surface area contributed by atoms with Gasteiger partial charge in [0.2, 0.25) is 0 Å². The van der Waals surface area contributed by atoms with Gasteiger partial charge in [-0.3, -0.25) is 9.36 Å². The van der Waals surface area contributed by atoms with E-state index in [4.69, 9.17) is 0 Å². The van der Waals surface area contributed by atoms with E-state index in [-0.39, 0.29) is 12.5 Å². The summed E-state index contributed by atoms with van der Waals surface area (Å²) in [5, 5.41) is 0. The number of ether oxygens (including phenoxy) is 1. The third-order valence-electron chi connectivity index (χ3n) is 4.42. The molecular formula is C18H16F2N4O2. The molecule has 1 aliphatic rings. The highest BCUT2D eigenvalue weighted by atomic mass is 19.3. The average molecular weight is 358 g/mol. The second-order valence-electron chi connectivity index (χ2n) is 6.07. The summed E-state index contributed by atoms with van der Waals surface area (Å²) in [6.07, 6.45) is 2.96. The van der Waals surface area contributed by atoms with Crippen LogP contribution in [0.2, 0.25) is 0 Å². The van der Waals surface area contributed by atoms with Crippen molar-refractivity contribution in [2.75, 3.05) is 13.1 Å². The van der Waals surface area contributed by atoms with Crippen LogP contribution < -0.4 is 0 Å². The first-order valence-electron chi connectivity index (χ1n) is 8.23. The number of benzene rings is 1. The largest absolute Gasteiger partial charge is 0.345 e. The summed E-state index contributed by atoms with van der Waals surface area (Å²) in [7, 11) is 0. The third-order valence-corrected chi connectivity index (χ3v) is 4.42. The van der Waals surface area contributed by atoms with Crippen LogP contribution in [0.4, 0.5) is 8.78 Å². The molecule has 0 unspecified atom stereocenters. The number of nitrogens with zero attached hydrogens (tertiary/aromatic N) is 4. The minimum atomic E-state index is -2.82. The smallest absolute Gasteiger partial charge is 0.336 e. The predicted octanol–water partition coefficient (Wildman–Crippen LogP) is 2.87. The molecule has 1 fully saturated rings. The van der Waals surface area contributed by atoms with Crippen LogP contribution in [0.15, 0.2) is 48.9 Å². The summed E-state index contributed by atoms with van der Waals surface area (Å²) >= 11 is 0. The van der Waals surface area contributed by atoms with Crippen LogP contribution in [0, 0.1) is 0 Å². The SMILES string of the molecule is O=C(c1ccc(-n2cnc3ccccc32)nc1)N1CC[C@H](OC(F)F)C1. The number of likely N-dealkylation sites (tertiary alicyclic amines) is 1. The highest BCUT2D eigenvalue weighted by Crippen LogP contribution is 2.20. The van der Waals surface area contributed by atoms with Crippen LogP contribution >= 0.6 is 0 Å². The molecule has 0 N–H and O–H groups in total. The highest BCUT2D eigenvalue weighted by Gasteiger charge is 2.29. The molecule has 0 saturated carbocycles. The van der Waals surface area contributed by atoms with E-state index in [2.05, 4.69) is 14.7 Å². The van der Waals surface area contributed by atoms with E-state index in [9.17, 15) is 13.6 Å². The van der Waals surface area contributed by atoms with Crippen molar-refractivity contribution in [1.29, 1.82) is 0 Å². The van der Waals surface area contributed by atoms with Gasteiger partial charge in [0, 0.05) is 19.3 Å². The zero-order valence-electron chi connectivity index (χ0n) is 13.8. The Balaban J connectivity index is 1.50. The van der Waals surface area contributed by atoms with Crippen molar-refractivity contribution in [3.05, 3.63) is 54.5 Å². The molecule has 1 saturated heterocycles. The molecule has 0 spiro atoms. The number of halogens is 2. The fourth-order valence-corrected chi connectivity index (χ4v) is 3.15. The fraction of sp³-hybridized carbons (Fsp3) is 0.278. The van der Waals surface area contributed by atoms with Gasteiger partial charge in [-0.15, -0.1) is 0 Å². The Bertz CT molecular complexity index is 926. The molecule has 0 radical (unpaired) electrons. The van der Waals surface area contributed by atoms with E-state index < -0.39 is 12.7 Å². The van der Waals surface area contributed by atoms with Gasteiger partial charge >= 0.3 is 6.61 Å². The third kappa shape index (κ3) is 3.15. The van der Waals surface area contributed by atoms with Crippen molar-refractivity contribution < 1.29 is 18.3 Å². The molecule has 26 heavy (non-hydrogen) atoms. The quantitative estimate of drug-likeness (QED) is 0.720. The molecule has 2 aromatic heterocycles. The molecule has 4 rings (SSSR count). The number of imidazole rings is 1. The van der Waals surface area contributed by atoms with E-state index in [0.29, 0.717) is 24.3 Å². The molecule has 1 atom stereocenters. The van der Waals surface area contributed by atoms with Gasteiger partial charge in [0.1, 0.15) is 12.1 Å². The Labute approximate surface area is 148 Å². The summed E-state index contributed by atoms with van der Waals surface area (Å²) in [5.41, 5.74) is 2.19. The van der Waals surface area contributed by atoms with Crippen LogP contribution in [-0.2, 0) is 4.74 Å². The fourth-order valence-electron chi connectivity index (χ4n) is 3.15. The molecule has 6 nitrogen and oxygen atoms in total. The monoisotopic (exact) mass is 358 g/mol. The molecular weight excluding hydrogens is 342 g/mol. The lowest BCUT2D eigenvalue weighted by Gasteiger charge is -2.16. The number of hydrogen-bond acceptors (Lipinski definition) is 4. The van der Waals surface area contributed by atoms with Gasteiger partial charge in [0.25, 0.3) is 5.91 Å². The van der Waals surface area contributed by atoms with Crippen molar-refractivity contribution in [3.63, 3.8) is 0 Å². The zero-order chi connectivity index (χ0) is 18.1. The zero-order valence-corrected chi connectivity index (χ0v) is 13.8. The maximum Gasteiger partial charge on any atom is 0.345 e. The van der Waals surface area contributed by atoms with Crippen molar-refractivity contribution in [3.8, 4) is 5.82 Å². The second kappa shape index (κ2) is 6.80. The molecule has 0 aliphatic carbocycles. The van der Waals surface area contributed by atoms with Crippen LogP contribution in [0.5, 0.6) is 0 Å². The number of fused-ring (bicyclic) bond motifs is 1. The standard InChI is InChI=1S/C18H16F2N4O2/c19-18(20)26-13-7-8-23(10-13)17(25)12-5-6-16(21-9-12)24-11-22-14-3-1-2-4-15(14)24/h1-6,9,11,13,18H,7-8,10H2/t13-/m0/s1. The molecule has 1 aliphatic heterocycles. The molecule has 1 aromatic carbocycles. The van der Waals surface area contributed by atoms with Gasteiger partial charge in [-0.1, -0.05) is 12.1 Å². The normalized spacial score (nSPS) is 17.3. The number of alkyl halides is 2. The number of carbonyl (C=O) groups excluding carboxylic acids is 1. The maximum absolute atomic E-state index is 12.5. The summed E-state index contributed by atoms with van der Waals surface area (Å²) in [4.78, 5) is 22.7. The average Bonchev–Trinajstić information content (AvgIpc) is 3.28. The van der Waals surface area contributed by atoms with Crippen molar-refractivity contribution >= 4 is 16.9 Å². The van der Waals surface area contributed by atoms with Gasteiger partial charge in [-0.2, -0.15) is 8.78 Å². The number of amides is 1. The minimum absolute atomic E-state index is 0.164. The van der Waals surface area contributed by atoms with E-state index in [1.807, 2.05) is 28.8 Å². The highest BCUT2D eigenvalue weighted by molar-refractivity contribution is 5.94. The molecule has 134 valence electrons. The molecule has 1 amide bonds. The number of para-hydroxylation sites is 2. The number of pyridine rings is 1. The van der Waals surface area contributed by atoms with E-state index in [1.165, 1.54) is 11.1 Å². The van der Waals surface area contributed by atoms with Crippen molar-refractivity contribution in [1.82, 2.24) is 19.4 Å². The van der Waals surface area contributed by atoms with Crippen LogP contribution in [0.1, 0.15) is 16.8 Å². The molecule has 3 heterocycles. The Kier molecular flexibility index (Phi) is 4.34. The first kappa shape index (κ1) is 16.6. The Morgan fingerprint density at radius 3 is 2.81 bits per heavy atom. The van der Waals surface area contributed by atoms with Gasteiger partial charge in [0.15, 0.2) is 0 Å². The lowest BCUT2D eigenvalue weighted by molar-refractivity contribution is -0.158. The van der Waals surface area contributed by atoms with Crippen LogP contribution in [0.3, 0.4) is 0 Å². The first-order valence-corrected chi connectivity index (χ1v) is 8.23. The van der Waals surface area contributed by atoms with Gasteiger partial charge in [-0.05, 0) is 30.7 Å². The molecule has 3 aromatic rings. The minimum Gasteiger partial charge on any atom is -0.336 e. The number of aromatic nitrogens is 3. The molecule has 0 bridgehead atoms. The number of rotatable bonds is 4. The summed E-state index contributed by atoms with van der Waals surface area (Å²) < 4.78 is 30.9. The predicted molar refractivity (Wildman–Crippen MR) is 90.3 cm³/mol. The lowest BCUT2D eigenvalue weighted by Crippen LogP contribution is -2.30. The summed E-state index contributed by atoms with van der Waals surface area (Å²) in [6, 6.07) is 11.1. The second-order valence-corrected chi connectivity index (χ2v) is 6.07. The maximum atomic E-state index is 12.5. The van der Waals surface area contributed by atoms with Crippen LogP contribution in [-0.4, -0.2) is 51.1 Å². The van der Waals surface area contributed by atoms with Gasteiger partial charge in [-0.25, -0.2) is 9.97 Å². The van der Waals surface area contributed by atoms with E-state index in [1.54, 1.807) is 18.5 Å². The Morgan fingerprint density at radius 1 is 1.19 bits per heavy atom.